The van der Waals surface area contributed by atoms with E-state index in [-0.39, 0.29) is 0 Å². The standard InChI is InChI=1S/C15H24N2O/c1-11-10-12(2)14(15(18)13(11)3)4-7-17-8-5-16-6-9-17/h10,16,18H,4-9H2,1-3H3. The van der Waals surface area contributed by atoms with Crippen LogP contribution in [0.3, 0.4) is 0 Å². The molecular formula is C15H24N2O. The van der Waals surface area contributed by atoms with Gasteiger partial charge in [-0.2, -0.15) is 0 Å². The Labute approximate surface area is 110 Å². The number of nitrogens with one attached hydrogen (secondary N) is 1. The molecule has 0 bridgehead atoms. The Morgan fingerprint density at radius 3 is 2.50 bits per heavy atom. The molecule has 0 saturated carbocycles. The van der Waals surface area contributed by atoms with Crippen LogP contribution in [0.25, 0.3) is 0 Å². The van der Waals surface area contributed by atoms with Gasteiger partial charge in [0.2, 0.25) is 0 Å². The topological polar surface area (TPSA) is 35.5 Å². The maximum atomic E-state index is 10.3. The maximum Gasteiger partial charge on any atom is 0.122 e. The highest BCUT2D eigenvalue weighted by molar-refractivity contribution is 5.48. The quantitative estimate of drug-likeness (QED) is 0.855. The van der Waals surface area contributed by atoms with Crippen molar-refractivity contribution >= 4 is 0 Å². The van der Waals surface area contributed by atoms with E-state index in [0.29, 0.717) is 5.75 Å². The molecule has 18 heavy (non-hydrogen) atoms. The van der Waals surface area contributed by atoms with Crippen LogP contribution in [0.2, 0.25) is 0 Å². The van der Waals surface area contributed by atoms with Crippen molar-refractivity contribution in [3.05, 3.63) is 28.3 Å². The molecule has 1 aromatic carbocycles. The van der Waals surface area contributed by atoms with Gasteiger partial charge in [0.25, 0.3) is 0 Å². The smallest absolute Gasteiger partial charge is 0.122 e. The van der Waals surface area contributed by atoms with Gasteiger partial charge in [0.05, 0.1) is 0 Å². The third-order valence-electron chi connectivity index (χ3n) is 4.03. The minimum atomic E-state index is 0.502. The zero-order valence-corrected chi connectivity index (χ0v) is 11.7. The lowest BCUT2D eigenvalue weighted by molar-refractivity contribution is 0.243. The van der Waals surface area contributed by atoms with E-state index < -0.39 is 0 Å². The van der Waals surface area contributed by atoms with Crippen LogP contribution in [0.15, 0.2) is 6.07 Å². The number of benzene rings is 1. The van der Waals surface area contributed by atoms with Crippen molar-refractivity contribution in [1.82, 2.24) is 10.2 Å². The first-order valence-electron chi connectivity index (χ1n) is 6.81. The molecule has 0 unspecified atom stereocenters. The van der Waals surface area contributed by atoms with Gasteiger partial charge in [0, 0.05) is 32.7 Å². The number of hydrogen-bond acceptors (Lipinski definition) is 3. The van der Waals surface area contributed by atoms with Gasteiger partial charge < -0.3 is 15.3 Å². The normalized spacial score (nSPS) is 17.1. The molecule has 1 fully saturated rings. The van der Waals surface area contributed by atoms with E-state index in [9.17, 15) is 5.11 Å². The monoisotopic (exact) mass is 248 g/mol. The summed E-state index contributed by atoms with van der Waals surface area (Å²) in [4.78, 5) is 2.46. The zero-order valence-electron chi connectivity index (χ0n) is 11.7. The van der Waals surface area contributed by atoms with Crippen LogP contribution in [0.1, 0.15) is 22.3 Å². The summed E-state index contributed by atoms with van der Waals surface area (Å²) >= 11 is 0. The Kier molecular flexibility index (Phi) is 4.25. The second-order valence-electron chi connectivity index (χ2n) is 5.30. The molecule has 1 aliphatic rings. The first-order chi connectivity index (χ1) is 8.59. The van der Waals surface area contributed by atoms with Crippen LogP contribution in [-0.2, 0) is 6.42 Å². The van der Waals surface area contributed by atoms with Crippen molar-refractivity contribution in [3.8, 4) is 5.75 Å². The molecule has 2 rings (SSSR count). The summed E-state index contributed by atoms with van der Waals surface area (Å²) < 4.78 is 0. The number of hydrogen-bond donors (Lipinski definition) is 2. The fourth-order valence-electron chi connectivity index (χ4n) is 2.64. The number of rotatable bonds is 3. The predicted octanol–water partition coefficient (Wildman–Crippen LogP) is 1.77. The summed E-state index contributed by atoms with van der Waals surface area (Å²) in [6.45, 7) is 11.6. The molecule has 3 heteroatoms. The summed E-state index contributed by atoms with van der Waals surface area (Å²) in [5.41, 5.74) is 4.54. The summed E-state index contributed by atoms with van der Waals surface area (Å²) in [5.74, 6) is 0.502. The van der Waals surface area contributed by atoms with Crippen molar-refractivity contribution in [3.63, 3.8) is 0 Å². The highest BCUT2D eigenvalue weighted by Gasteiger charge is 2.14. The van der Waals surface area contributed by atoms with Gasteiger partial charge in [0.15, 0.2) is 0 Å². The molecule has 0 aliphatic carbocycles. The highest BCUT2D eigenvalue weighted by atomic mass is 16.3. The minimum Gasteiger partial charge on any atom is -0.507 e. The molecule has 0 aromatic heterocycles. The van der Waals surface area contributed by atoms with Gasteiger partial charge in [-0.05, 0) is 49.4 Å². The summed E-state index contributed by atoms with van der Waals surface area (Å²) in [7, 11) is 0. The van der Waals surface area contributed by atoms with Gasteiger partial charge in [-0.25, -0.2) is 0 Å². The van der Waals surface area contributed by atoms with Gasteiger partial charge in [-0.1, -0.05) is 6.07 Å². The van der Waals surface area contributed by atoms with Crippen LogP contribution in [-0.4, -0.2) is 42.7 Å². The minimum absolute atomic E-state index is 0.502. The fraction of sp³-hybridized carbons (Fsp3) is 0.600. The van der Waals surface area contributed by atoms with E-state index in [0.717, 1.165) is 50.3 Å². The molecule has 1 aliphatic heterocycles. The molecule has 0 amide bonds. The summed E-state index contributed by atoms with van der Waals surface area (Å²) in [5, 5.41) is 13.6. The van der Waals surface area contributed by atoms with E-state index in [1.807, 2.05) is 6.92 Å². The lowest BCUT2D eigenvalue weighted by Crippen LogP contribution is -2.44. The van der Waals surface area contributed by atoms with E-state index in [1.165, 1.54) is 11.1 Å². The predicted molar refractivity (Wildman–Crippen MR) is 75.3 cm³/mol. The highest BCUT2D eigenvalue weighted by Crippen LogP contribution is 2.28. The Hall–Kier alpha value is -1.06. The van der Waals surface area contributed by atoms with Gasteiger partial charge in [-0.15, -0.1) is 0 Å². The lowest BCUT2D eigenvalue weighted by atomic mass is 9.97. The summed E-state index contributed by atoms with van der Waals surface area (Å²) in [6, 6.07) is 2.18. The Balaban J connectivity index is 2.06. The third-order valence-corrected chi connectivity index (χ3v) is 4.03. The third kappa shape index (κ3) is 2.85. The average Bonchev–Trinajstić information content (AvgIpc) is 2.37. The molecule has 0 spiro atoms. The molecule has 0 radical (unpaired) electrons. The maximum absolute atomic E-state index is 10.3. The largest absolute Gasteiger partial charge is 0.507 e. The van der Waals surface area contributed by atoms with Crippen molar-refractivity contribution in [2.75, 3.05) is 32.7 Å². The number of aryl methyl sites for hydroxylation is 2. The Morgan fingerprint density at radius 2 is 1.83 bits per heavy atom. The number of nitrogens with zero attached hydrogens (tertiary/aromatic N) is 1. The lowest BCUT2D eigenvalue weighted by Gasteiger charge is -2.27. The van der Waals surface area contributed by atoms with Crippen LogP contribution in [0.5, 0.6) is 5.75 Å². The van der Waals surface area contributed by atoms with Crippen molar-refractivity contribution in [2.24, 2.45) is 0 Å². The fourth-order valence-corrected chi connectivity index (χ4v) is 2.64. The second-order valence-corrected chi connectivity index (χ2v) is 5.30. The van der Waals surface area contributed by atoms with Crippen molar-refractivity contribution < 1.29 is 5.11 Å². The SMILES string of the molecule is Cc1cc(C)c(CCN2CCNCC2)c(O)c1C. The number of aromatic hydroxyl groups is 1. The number of piperazine rings is 1. The van der Waals surface area contributed by atoms with E-state index in [1.54, 1.807) is 0 Å². The first kappa shape index (κ1) is 13.4. The van der Waals surface area contributed by atoms with Crippen LogP contribution < -0.4 is 5.32 Å². The number of phenols is 1. The van der Waals surface area contributed by atoms with E-state index >= 15 is 0 Å². The molecule has 2 N–H and O–H groups in total. The number of phenolic OH excluding ortho intramolecular Hbond substituents is 1. The van der Waals surface area contributed by atoms with E-state index in [4.69, 9.17) is 0 Å². The van der Waals surface area contributed by atoms with Crippen LogP contribution >= 0.6 is 0 Å². The van der Waals surface area contributed by atoms with Gasteiger partial charge in [-0.3, -0.25) is 0 Å². The second kappa shape index (κ2) is 5.72. The molecule has 3 nitrogen and oxygen atoms in total. The average molecular weight is 248 g/mol. The van der Waals surface area contributed by atoms with Crippen molar-refractivity contribution in [2.45, 2.75) is 27.2 Å². The van der Waals surface area contributed by atoms with Crippen LogP contribution in [0.4, 0.5) is 0 Å². The molecule has 1 aromatic rings. The van der Waals surface area contributed by atoms with Crippen LogP contribution in [0, 0.1) is 20.8 Å². The Morgan fingerprint density at radius 1 is 1.17 bits per heavy atom. The molecule has 0 atom stereocenters. The molecular weight excluding hydrogens is 224 g/mol. The Bertz CT molecular complexity index is 423. The molecule has 1 heterocycles. The molecule has 100 valence electrons. The van der Waals surface area contributed by atoms with E-state index in [2.05, 4.69) is 30.1 Å². The summed E-state index contributed by atoms with van der Waals surface area (Å²) in [6.07, 6.45) is 0.943. The first-order valence-corrected chi connectivity index (χ1v) is 6.81. The molecule has 1 saturated heterocycles. The van der Waals surface area contributed by atoms with Gasteiger partial charge in [0.1, 0.15) is 5.75 Å². The zero-order chi connectivity index (χ0) is 13.1. The van der Waals surface area contributed by atoms with Crippen molar-refractivity contribution in [1.29, 1.82) is 0 Å². The van der Waals surface area contributed by atoms with Gasteiger partial charge >= 0.3 is 0 Å².